The number of anilines is 1. The van der Waals surface area contributed by atoms with Crippen molar-refractivity contribution in [2.24, 2.45) is 17.4 Å². The molecule has 1 atom stereocenters. The lowest BCUT2D eigenvalue weighted by Gasteiger charge is -2.16. The van der Waals surface area contributed by atoms with Crippen LogP contribution in [0.2, 0.25) is 0 Å². The van der Waals surface area contributed by atoms with Gasteiger partial charge in [-0.3, -0.25) is 9.59 Å². The van der Waals surface area contributed by atoms with Crippen LogP contribution in [0.3, 0.4) is 0 Å². The van der Waals surface area contributed by atoms with Crippen molar-refractivity contribution >= 4 is 17.6 Å². The molecule has 0 radical (unpaired) electrons. The largest absolute Gasteiger partial charge is 0.470 e. The first-order chi connectivity index (χ1) is 13.8. The number of hydrogen-bond donors (Lipinski definition) is 4. The van der Waals surface area contributed by atoms with Crippen molar-refractivity contribution in [2.75, 3.05) is 11.9 Å². The molecule has 1 rings (SSSR count). The zero-order valence-corrected chi connectivity index (χ0v) is 17.1. The van der Waals surface area contributed by atoms with Gasteiger partial charge in [0.25, 0.3) is 5.91 Å². The van der Waals surface area contributed by atoms with Crippen molar-refractivity contribution in [2.45, 2.75) is 39.9 Å². The number of aryl methyl sites for hydroxylation is 1. The number of nitrogens with two attached hydrogens (primary N) is 2. The SMILES string of the molecule is Cc1cc(C(C)NC(=O)/C(N)=C/C=C(\N)OCC(F)(F)F)cc(NC(=O)C(C)C)n1. The molecule has 0 fully saturated rings. The molecule has 1 unspecified atom stereocenters. The number of nitrogens with one attached hydrogen (secondary N) is 2. The van der Waals surface area contributed by atoms with E-state index in [0.29, 0.717) is 17.1 Å². The molecule has 30 heavy (non-hydrogen) atoms. The van der Waals surface area contributed by atoms with Crippen molar-refractivity contribution in [3.05, 3.63) is 47.1 Å². The number of amides is 2. The lowest BCUT2D eigenvalue weighted by molar-refractivity contribution is -0.165. The second kappa shape index (κ2) is 10.5. The highest BCUT2D eigenvalue weighted by Crippen LogP contribution is 2.18. The predicted molar refractivity (Wildman–Crippen MR) is 106 cm³/mol. The van der Waals surface area contributed by atoms with E-state index in [0.717, 1.165) is 12.2 Å². The number of aromatic nitrogens is 1. The molecular formula is C19H26F3N5O3. The topological polar surface area (TPSA) is 132 Å². The Balaban J connectivity index is 2.81. The summed E-state index contributed by atoms with van der Waals surface area (Å²) in [6.45, 7) is 5.39. The summed E-state index contributed by atoms with van der Waals surface area (Å²) in [6, 6.07) is 2.86. The smallest absolute Gasteiger partial charge is 0.422 e. The molecule has 1 heterocycles. The highest BCUT2D eigenvalue weighted by molar-refractivity contribution is 5.93. The number of allylic oxidation sites excluding steroid dienone is 2. The first-order valence-corrected chi connectivity index (χ1v) is 9.01. The Morgan fingerprint density at radius 2 is 1.83 bits per heavy atom. The Kier molecular flexibility index (Phi) is 8.69. The third-order valence-electron chi connectivity index (χ3n) is 3.69. The minimum atomic E-state index is -4.53. The number of ether oxygens (including phenoxy) is 1. The Bertz CT molecular complexity index is 835. The summed E-state index contributed by atoms with van der Waals surface area (Å²) in [5, 5.41) is 5.34. The number of carbonyl (C=O) groups is 2. The van der Waals surface area contributed by atoms with E-state index >= 15 is 0 Å². The molecule has 0 aliphatic rings. The fourth-order valence-electron chi connectivity index (χ4n) is 2.10. The highest BCUT2D eigenvalue weighted by atomic mass is 19.4. The highest BCUT2D eigenvalue weighted by Gasteiger charge is 2.28. The summed E-state index contributed by atoms with van der Waals surface area (Å²) in [5.41, 5.74) is 11.9. The van der Waals surface area contributed by atoms with Gasteiger partial charge in [0.05, 0.1) is 11.7 Å². The summed E-state index contributed by atoms with van der Waals surface area (Å²) >= 11 is 0. The molecule has 0 bridgehead atoms. The van der Waals surface area contributed by atoms with E-state index in [2.05, 4.69) is 20.4 Å². The van der Waals surface area contributed by atoms with Gasteiger partial charge in [-0.2, -0.15) is 13.2 Å². The fourth-order valence-corrected chi connectivity index (χ4v) is 2.10. The summed E-state index contributed by atoms with van der Waals surface area (Å²) in [6.07, 6.45) is -2.53. The second-order valence-electron chi connectivity index (χ2n) is 6.86. The van der Waals surface area contributed by atoms with Crippen molar-refractivity contribution in [1.29, 1.82) is 0 Å². The lowest BCUT2D eigenvalue weighted by Crippen LogP contribution is -2.31. The normalized spacial score (nSPS) is 13.7. The van der Waals surface area contributed by atoms with Gasteiger partial charge in [-0.25, -0.2) is 4.98 Å². The van der Waals surface area contributed by atoms with Gasteiger partial charge in [0.15, 0.2) is 12.5 Å². The third-order valence-corrected chi connectivity index (χ3v) is 3.69. The molecular weight excluding hydrogens is 403 g/mol. The van der Waals surface area contributed by atoms with Crippen molar-refractivity contribution < 1.29 is 27.5 Å². The molecule has 0 saturated heterocycles. The Morgan fingerprint density at radius 3 is 2.40 bits per heavy atom. The van der Waals surface area contributed by atoms with Crippen LogP contribution in [0.1, 0.15) is 38.1 Å². The van der Waals surface area contributed by atoms with Crippen LogP contribution in [0.25, 0.3) is 0 Å². The third kappa shape index (κ3) is 8.84. The van der Waals surface area contributed by atoms with Crippen molar-refractivity contribution in [3.8, 4) is 0 Å². The van der Waals surface area contributed by atoms with E-state index in [9.17, 15) is 22.8 Å². The fraction of sp³-hybridized carbons (Fsp3) is 0.421. The van der Waals surface area contributed by atoms with Crippen LogP contribution in [0.4, 0.5) is 19.0 Å². The molecule has 0 aliphatic heterocycles. The molecule has 11 heteroatoms. The maximum absolute atomic E-state index is 12.2. The van der Waals surface area contributed by atoms with E-state index in [1.165, 1.54) is 0 Å². The molecule has 2 amide bonds. The van der Waals surface area contributed by atoms with E-state index < -0.39 is 30.6 Å². The van der Waals surface area contributed by atoms with Gasteiger partial charge < -0.3 is 26.8 Å². The molecule has 8 nitrogen and oxygen atoms in total. The molecule has 6 N–H and O–H groups in total. The monoisotopic (exact) mass is 429 g/mol. The summed E-state index contributed by atoms with van der Waals surface area (Å²) in [4.78, 5) is 28.3. The van der Waals surface area contributed by atoms with Crippen LogP contribution >= 0.6 is 0 Å². The minimum absolute atomic E-state index is 0.194. The van der Waals surface area contributed by atoms with Crippen molar-refractivity contribution in [1.82, 2.24) is 10.3 Å². The minimum Gasteiger partial charge on any atom is -0.470 e. The van der Waals surface area contributed by atoms with Crippen molar-refractivity contribution in [3.63, 3.8) is 0 Å². The van der Waals surface area contributed by atoms with Gasteiger partial charge >= 0.3 is 6.18 Å². The van der Waals surface area contributed by atoms with Gasteiger partial charge in [-0.15, -0.1) is 0 Å². The van der Waals surface area contributed by atoms with Gasteiger partial charge in [0.1, 0.15) is 5.82 Å². The van der Waals surface area contributed by atoms with Gasteiger partial charge in [-0.1, -0.05) is 13.8 Å². The number of carbonyl (C=O) groups excluding carboxylic acids is 2. The average molecular weight is 429 g/mol. The van der Waals surface area contributed by atoms with Gasteiger partial charge in [0, 0.05) is 11.6 Å². The standard InChI is InChI=1S/C19H26F3N5O3/c1-10(2)17(28)27-16-8-13(7-11(3)25-16)12(4)26-18(29)14(23)5-6-15(24)30-9-19(20,21)22/h5-8,10,12H,9,23-24H2,1-4H3,(H,26,29)(H,25,27,28)/b14-5-,15-6+. The van der Waals surface area contributed by atoms with E-state index in [1.54, 1.807) is 39.8 Å². The zero-order valence-electron chi connectivity index (χ0n) is 17.1. The molecule has 0 aromatic carbocycles. The summed E-state index contributed by atoms with van der Waals surface area (Å²) in [5.74, 6) is -1.26. The molecule has 1 aromatic heterocycles. The Labute approximate surface area is 172 Å². The summed E-state index contributed by atoms with van der Waals surface area (Å²) < 4.78 is 40.5. The van der Waals surface area contributed by atoms with Crippen LogP contribution in [0.5, 0.6) is 0 Å². The van der Waals surface area contributed by atoms with E-state index in [4.69, 9.17) is 11.5 Å². The van der Waals surface area contributed by atoms with Crippen LogP contribution in [0.15, 0.2) is 35.9 Å². The van der Waals surface area contributed by atoms with Gasteiger partial charge in [-0.05, 0) is 43.7 Å². The van der Waals surface area contributed by atoms with E-state index in [-0.39, 0.29) is 17.5 Å². The Morgan fingerprint density at radius 1 is 1.20 bits per heavy atom. The number of halogens is 3. The predicted octanol–water partition coefficient (Wildman–Crippen LogP) is 2.38. The quantitative estimate of drug-likeness (QED) is 0.285. The first-order valence-electron chi connectivity index (χ1n) is 9.01. The van der Waals surface area contributed by atoms with Crippen LogP contribution < -0.4 is 22.1 Å². The number of nitrogens with zero attached hydrogens (tertiary/aromatic N) is 1. The maximum atomic E-state index is 12.2. The lowest BCUT2D eigenvalue weighted by atomic mass is 10.1. The summed E-state index contributed by atoms with van der Waals surface area (Å²) in [7, 11) is 0. The molecule has 1 aromatic rings. The van der Waals surface area contributed by atoms with Crippen LogP contribution in [-0.2, 0) is 14.3 Å². The van der Waals surface area contributed by atoms with Gasteiger partial charge in [0.2, 0.25) is 5.91 Å². The Hall–Kier alpha value is -3.24. The zero-order chi connectivity index (χ0) is 23.1. The van der Waals surface area contributed by atoms with Crippen LogP contribution in [0, 0.1) is 12.8 Å². The maximum Gasteiger partial charge on any atom is 0.422 e. The molecule has 166 valence electrons. The molecule has 0 saturated carbocycles. The first kappa shape index (κ1) is 24.8. The average Bonchev–Trinajstić information content (AvgIpc) is 2.62. The number of hydrogen-bond acceptors (Lipinski definition) is 6. The van der Waals surface area contributed by atoms with Crippen LogP contribution in [-0.4, -0.2) is 29.6 Å². The number of rotatable bonds is 8. The number of pyridine rings is 1. The molecule has 0 spiro atoms. The number of alkyl halides is 3. The van der Waals surface area contributed by atoms with E-state index in [1.807, 2.05) is 0 Å². The molecule has 0 aliphatic carbocycles. The second-order valence-corrected chi connectivity index (χ2v) is 6.86.